The molecule has 29 heavy (non-hydrogen) atoms. The van der Waals surface area contributed by atoms with Crippen LogP contribution < -0.4 is 20.9 Å². The topological polar surface area (TPSA) is 106 Å². The van der Waals surface area contributed by atoms with Crippen molar-refractivity contribution in [2.24, 2.45) is 5.92 Å². The van der Waals surface area contributed by atoms with Gasteiger partial charge in [-0.1, -0.05) is 31.1 Å². The first-order chi connectivity index (χ1) is 14.1. The van der Waals surface area contributed by atoms with Gasteiger partial charge in [-0.15, -0.1) is 0 Å². The molecule has 0 radical (unpaired) electrons. The largest absolute Gasteiger partial charge is 0.369 e. The number of aromatic nitrogens is 1. The first-order valence-corrected chi connectivity index (χ1v) is 10.00. The fraction of sp³-hybridized carbons (Fsp3) is 0.476. The number of amides is 1. The molecule has 0 aliphatic carbocycles. The number of nitrogens with zero attached hydrogens (tertiary/aromatic N) is 3. The maximum atomic E-state index is 12.4. The van der Waals surface area contributed by atoms with Crippen LogP contribution in [-0.4, -0.2) is 49.8 Å². The summed E-state index contributed by atoms with van der Waals surface area (Å²) in [4.78, 5) is 14.8. The molecular weight excluding hydrogens is 368 g/mol. The van der Waals surface area contributed by atoms with Crippen LogP contribution in [-0.2, 0) is 4.79 Å². The zero-order valence-electron chi connectivity index (χ0n) is 16.9. The van der Waals surface area contributed by atoms with Gasteiger partial charge >= 0.3 is 0 Å². The average Bonchev–Trinajstić information content (AvgIpc) is 3.20. The minimum Gasteiger partial charge on any atom is -0.369 e. The molecule has 154 valence electrons. The number of anilines is 2. The monoisotopic (exact) mass is 396 g/mol. The lowest BCUT2D eigenvalue weighted by Crippen LogP contribution is -2.43. The smallest absolute Gasteiger partial charge is 0.243 e. The quantitative estimate of drug-likeness (QED) is 0.588. The fourth-order valence-electron chi connectivity index (χ4n) is 3.44. The van der Waals surface area contributed by atoms with Crippen LogP contribution in [0.25, 0.3) is 11.3 Å². The van der Waals surface area contributed by atoms with Gasteiger partial charge in [0, 0.05) is 37.4 Å². The van der Waals surface area contributed by atoms with E-state index < -0.39 is 6.04 Å². The average molecular weight is 396 g/mol. The Kier molecular flexibility index (Phi) is 7.09. The second kappa shape index (κ2) is 9.94. The highest BCUT2D eigenvalue weighted by Crippen LogP contribution is 2.29. The normalized spacial score (nSPS) is 15.0. The highest BCUT2D eigenvalue weighted by molar-refractivity contribution is 5.86. The molecule has 1 atom stereocenters. The van der Waals surface area contributed by atoms with E-state index in [1.807, 2.05) is 18.2 Å². The summed E-state index contributed by atoms with van der Waals surface area (Å²) in [7, 11) is 0. The molecule has 2 aromatic rings. The summed E-state index contributed by atoms with van der Waals surface area (Å²) < 4.78 is 5.20. The highest BCUT2D eigenvalue weighted by atomic mass is 16.5. The molecule has 1 aliphatic rings. The van der Waals surface area contributed by atoms with Gasteiger partial charge < -0.3 is 25.4 Å². The second-order valence-corrected chi connectivity index (χ2v) is 7.56. The van der Waals surface area contributed by atoms with E-state index in [9.17, 15) is 4.79 Å². The van der Waals surface area contributed by atoms with Crippen molar-refractivity contribution in [3.05, 3.63) is 30.5 Å². The molecule has 8 heteroatoms. The molecule has 3 N–H and O–H groups in total. The number of hydrogen-bond donors (Lipinski definition) is 3. The van der Waals surface area contributed by atoms with Crippen molar-refractivity contribution >= 4 is 17.3 Å². The Morgan fingerprint density at radius 2 is 2.03 bits per heavy atom. The maximum absolute atomic E-state index is 12.4. The summed E-state index contributed by atoms with van der Waals surface area (Å²) in [5, 5.41) is 22.1. The lowest BCUT2D eigenvalue weighted by Gasteiger charge is -2.29. The van der Waals surface area contributed by atoms with E-state index in [1.54, 1.807) is 0 Å². The number of nitriles is 1. The number of carbonyl (C=O) groups is 1. The third kappa shape index (κ3) is 5.48. The molecule has 1 saturated heterocycles. The standard InChI is InChI=1S/C21H28N6O2/c1-15(2)13-18(21(28)24-8-7-22)25-19-14-29-26-20(19)16-3-5-17(6-4-16)27-11-9-23-10-12-27/h3-6,14-15,18,23,25H,8-13H2,1-2H3,(H,24,28)/t18-/m1/s1. The number of carbonyl (C=O) groups excluding carboxylic acids is 1. The van der Waals surface area contributed by atoms with Crippen LogP contribution >= 0.6 is 0 Å². The summed E-state index contributed by atoms with van der Waals surface area (Å²) in [6.45, 7) is 8.05. The molecule has 3 rings (SSSR count). The van der Waals surface area contributed by atoms with Crippen LogP contribution in [0.3, 0.4) is 0 Å². The van der Waals surface area contributed by atoms with E-state index in [-0.39, 0.29) is 12.5 Å². The van der Waals surface area contributed by atoms with Gasteiger partial charge in [-0.05, 0) is 24.5 Å². The second-order valence-electron chi connectivity index (χ2n) is 7.56. The predicted octanol–water partition coefficient (Wildman–Crippen LogP) is 2.22. The maximum Gasteiger partial charge on any atom is 0.243 e. The van der Waals surface area contributed by atoms with Gasteiger partial charge in [0.25, 0.3) is 0 Å². The van der Waals surface area contributed by atoms with Crippen LogP contribution in [0.15, 0.2) is 35.1 Å². The molecule has 0 unspecified atom stereocenters. The van der Waals surface area contributed by atoms with E-state index in [2.05, 4.69) is 52.0 Å². The summed E-state index contributed by atoms with van der Waals surface area (Å²) in [6.07, 6.45) is 2.15. The molecule has 0 spiro atoms. The van der Waals surface area contributed by atoms with Crippen LogP contribution in [0.5, 0.6) is 0 Å². The SMILES string of the molecule is CC(C)C[C@@H](Nc1conc1-c1ccc(N2CCNCC2)cc1)C(=O)NCC#N. The number of nitrogens with one attached hydrogen (secondary N) is 3. The predicted molar refractivity (Wildman–Crippen MR) is 113 cm³/mol. The van der Waals surface area contributed by atoms with Crippen LogP contribution in [0, 0.1) is 17.2 Å². The van der Waals surface area contributed by atoms with Crippen molar-refractivity contribution in [3.8, 4) is 17.3 Å². The minimum absolute atomic E-state index is 0.0148. The third-order valence-electron chi connectivity index (χ3n) is 4.89. The Bertz CT molecular complexity index is 834. The van der Waals surface area contributed by atoms with Crippen molar-refractivity contribution in [2.75, 3.05) is 42.9 Å². The van der Waals surface area contributed by atoms with Crippen molar-refractivity contribution in [1.82, 2.24) is 15.8 Å². The Morgan fingerprint density at radius 3 is 2.69 bits per heavy atom. The molecule has 0 saturated carbocycles. The summed E-state index contributed by atoms with van der Waals surface area (Å²) in [6, 6.07) is 9.68. The molecule has 1 aromatic heterocycles. The highest BCUT2D eigenvalue weighted by Gasteiger charge is 2.22. The van der Waals surface area contributed by atoms with Gasteiger partial charge in [0.2, 0.25) is 5.91 Å². The number of piperazine rings is 1. The van der Waals surface area contributed by atoms with Crippen molar-refractivity contribution < 1.29 is 9.32 Å². The molecule has 1 amide bonds. The van der Waals surface area contributed by atoms with E-state index >= 15 is 0 Å². The summed E-state index contributed by atoms with van der Waals surface area (Å²) in [5.41, 5.74) is 3.43. The van der Waals surface area contributed by atoms with Crippen molar-refractivity contribution in [1.29, 1.82) is 5.26 Å². The van der Waals surface area contributed by atoms with Gasteiger partial charge in [-0.3, -0.25) is 4.79 Å². The Labute approximate surface area is 171 Å². The van der Waals surface area contributed by atoms with Crippen molar-refractivity contribution in [3.63, 3.8) is 0 Å². The Hall–Kier alpha value is -3.05. The van der Waals surface area contributed by atoms with Crippen LogP contribution in [0.2, 0.25) is 0 Å². The molecule has 8 nitrogen and oxygen atoms in total. The lowest BCUT2D eigenvalue weighted by atomic mass is 10.0. The summed E-state index contributed by atoms with van der Waals surface area (Å²) in [5.74, 6) is 0.100. The first kappa shape index (κ1) is 20.7. The van der Waals surface area contributed by atoms with E-state index in [4.69, 9.17) is 9.78 Å². The molecule has 0 bridgehead atoms. The van der Waals surface area contributed by atoms with E-state index in [0.717, 1.165) is 31.7 Å². The van der Waals surface area contributed by atoms with Gasteiger partial charge in [0.05, 0.1) is 6.07 Å². The van der Waals surface area contributed by atoms with E-state index in [0.29, 0.717) is 23.7 Å². The van der Waals surface area contributed by atoms with Gasteiger partial charge in [0.15, 0.2) is 0 Å². The molecule has 1 aliphatic heterocycles. The molecular formula is C21H28N6O2. The zero-order valence-corrected chi connectivity index (χ0v) is 16.9. The molecule has 1 fully saturated rings. The van der Waals surface area contributed by atoms with Crippen LogP contribution in [0.1, 0.15) is 20.3 Å². The summed E-state index contributed by atoms with van der Waals surface area (Å²) >= 11 is 0. The Morgan fingerprint density at radius 1 is 1.31 bits per heavy atom. The van der Waals surface area contributed by atoms with Crippen molar-refractivity contribution in [2.45, 2.75) is 26.3 Å². The lowest BCUT2D eigenvalue weighted by molar-refractivity contribution is -0.121. The molecule has 1 aromatic carbocycles. The zero-order chi connectivity index (χ0) is 20.6. The minimum atomic E-state index is -0.471. The Balaban J connectivity index is 1.75. The number of rotatable bonds is 8. The fourth-order valence-corrected chi connectivity index (χ4v) is 3.44. The molecule has 2 heterocycles. The van der Waals surface area contributed by atoms with Gasteiger partial charge in [-0.25, -0.2) is 0 Å². The van der Waals surface area contributed by atoms with Crippen LogP contribution in [0.4, 0.5) is 11.4 Å². The van der Waals surface area contributed by atoms with Gasteiger partial charge in [-0.2, -0.15) is 5.26 Å². The third-order valence-corrected chi connectivity index (χ3v) is 4.89. The first-order valence-electron chi connectivity index (χ1n) is 10.00. The number of benzene rings is 1. The number of hydrogen-bond acceptors (Lipinski definition) is 7. The van der Waals surface area contributed by atoms with E-state index in [1.165, 1.54) is 12.0 Å². The van der Waals surface area contributed by atoms with Gasteiger partial charge in [0.1, 0.15) is 30.2 Å².